The van der Waals surface area contributed by atoms with Gasteiger partial charge in [0.1, 0.15) is 11.4 Å². The molecule has 0 bridgehead atoms. The number of alkyl halides is 6. The standard InChI is InChI=1S/2C14H16F3NO3/c2*1-20-9-3-4-11-10(6-8-13(19)21-2)5-7-12(18-11)14(15,16)17/h2*5-8H,3-4,9H2,1-2H3. The second-order valence-electron chi connectivity index (χ2n) is 8.37. The Hall–Kier alpha value is -3.78. The summed E-state index contributed by atoms with van der Waals surface area (Å²) >= 11 is 0. The molecule has 2 heterocycles. The van der Waals surface area contributed by atoms with Gasteiger partial charge in [0.05, 0.1) is 14.2 Å². The molecular weight excluding hydrogens is 574 g/mol. The number of methoxy groups -OCH3 is 4. The molecule has 0 saturated heterocycles. The van der Waals surface area contributed by atoms with Crippen LogP contribution >= 0.6 is 0 Å². The molecule has 0 aliphatic rings. The third-order valence-electron chi connectivity index (χ3n) is 5.32. The van der Waals surface area contributed by atoms with E-state index in [0.29, 0.717) is 50.0 Å². The van der Waals surface area contributed by atoms with Crippen LogP contribution in [0.5, 0.6) is 0 Å². The van der Waals surface area contributed by atoms with E-state index in [4.69, 9.17) is 9.47 Å². The van der Waals surface area contributed by atoms with Gasteiger partial charge in [0.2, 0.25) is 0 Å². The maximum atomic E-state index is 12.7. The maximum absolute atomic E-state index is 12.7. The predicted octanol–water partition coefficient (Wildman–Crippen LogP) is 5.73. The minimum Gasteiger partial charge on any atom is -0.466 e. The van der Waals surface area contributed by atoms with Crippen LogP contribution in [0, 0.1) is 0 Å². The first-order valence-electron chi connectivity index (χ1n) is 12.4. The third kappa shape index (κ3) is 13.3. The Morgan fingerprint density at radius 1 is 0.667 bits per heavy atom. The molecule has 8 nitrogen and oxygen atoms in total. The Morgan fingerprint density at radius 2 is 1.02 bits per heavy atom. The maximum Gasteiger partial charge on any atom is 0.433 e. The molecule has 0 radical (unpaired) electrons. The average molecular weight is 607 g/mol. The minimum atomic E-state index is -4.50. The molecule has 0 aliphatic carbocycles. The van der Waals surface area contributed by atoms with E-state index in [-0.39, 0.29) is 11.4 Å². The molecule has 0 aromatic carbocycles. The number of hydrogen-bond donors (Lipinski definition) is 0. The summed E-state index contributed by atoms with van der Waals surface area (Å²) in [6, 6.07) is 4.35. The molecule has 0 saturated carbocycles. The van der Waals surface area contributed by atoms with E-state index in [2.05, 4.69) is 19.4 Å². The SMILES string of the molecule is COCCCc1nc(C(F)(F)F)ccc1C=CC(=O)OC.COCCCc1nc(C(F)(F)F)ccc1C=CC(=O)OC. The van der Waals surface area contributed by atoms with Crippen LogP contribution in [0.25, 0.3) is 12.2 Å². The zero-order valence-corrected chi connectivity index (χ0v) is 23.5. The molecule has 0 atom stereocenters. The first-order chi connectivity index (χ1) is 19.8. The van der Waals surface area contributed by atoms with Crippen molar-refractivity contribution < 1.29 is 54.9 Å². The smallest absolute Gasteiger partial charge is 0.433 e. The lowest BCUT2D eigenvalue weighted by Gasteiger charge is -2.10. The van der Waals surface area contributed by atoms with E-state index in [1.807, 2.05) is 0 Å². The molecule has 232 valence electrons. The lowest BCUT2D eigenvalue weighted by atomic mass is 10.1. The van der Waals surface area contributed by atoms with E-state index in [1.165, 1.54) is 52.7 Å². The molecule has 0 aliphatic heterocycles. The lowest BCUT2D eigenvalue weighted by Crippen LogP contribution is -2.11. The Labute approximate surface area is 239 Å². The number of carbonyl (C=O) groups excluding carboxylic acids is 2. The van der Waals surface area contributed by atoms with Crippen molar-refractivity contribution in [1.82, 2.24) is 9.97 Å². The Bertz CT molecular complexity index is 1120. The van der Waals surface area contributed by atoms with Crippen LogP contribution in [0.3, 0.4) is 0 Å². The molecule has 2 aromatic heterocycles. The summed E-state index contributed by atoms with van der Waals surface area (Å²) in [5.41, 5.74) is -0.478. The number of aryl methyl sites for hydroxylation is 2. The monoisotopic (exact) mass is 606 g/mol. The largest absolute Gasteiger partial charge is 0.466 e. The number of aromatic nitrogens is 2. The summed E-state index contributed by atoms with van der Waals surface area (Å²) in [7, 11) is 5.46. The van der Waals surface area contributed by atoms with Gasteiger partial charge in [0.15, 0.2) is 0 Å². The van der Waals surface area contributed by atoms with E-state index >= 15 is 0 Å². The summed E-state index contributed by atoms with van der Waals surface area (Å²) in [6.07, 6.45) is -2.23. The van der Waals surface area contributed by atoms with Gasteiger partial charge in [-0.3, -0.25) is 0 Å². The van der Waals surface area contributed by atoms with Gasteiger partial charge in [0.25, 0.3) is 0 Å². The lowest BCUT2D eigenvalue weighted by molar-refractivity contribution is -0.142. The van der Waals surface area contributed by atoms with E-state index in [1.54, 1.807) is 0 Å². The number of carbonyl (C=O) groups is 2. The Kier molecular flexibility index (Phi) is 15.5. The highest BCUT2D eigenvalue weighted by Gasteiger charge is 2.33. The normalized spacial score (nSPS) is 11.9. The first-order valence-corrected chi connectivity index (χ1v) is 12.4. The molecule has 0 fully saturated rings. The number of nitrogens with zero attached hydrogens (tertiary/aromatic N) is 2. The summed E-state index contributed by atoms with van der Waals surface area (Å²) in [5.74, 6) is -1.17. The molecule has 0 spiro atoms. The zero-order chi connectivity index (χ0) is 31.8. The van der Waals surface area contributed by atoms with Crippen molar-refractivity contribution in [3.8, 4) is 0 Å². The highest BCUT2D eigenvalue weighted by molar-refractivity contribution is 5.87. The fourth-order valence-corrected chi connectivity index (χ4v) is 3.26. The molecular formula is C28H32F6N2O6. The van der Waals surface area contributed by atoms with Gasteiger partial charge in [-0.25, -0.2) is 19.6 Å². The van der Waals surface area contributed by atoms with Crippen LogP contribution in [-0.2, 0) is 53.7 Å². The summed E-state index contributed by atoms with van der Waals surface area (Å²) in [4.78, 5) is 29.4. The van der Waals surface area contributed by atoms with Crippen LogP contribution < -0.4 is 0 Å². The number of rotatable bonds is 12. The van der Waals surface area contributed by atoms with Gasteiger partial charge in [-0.15, -0.1) is 0 Å². The molecule has 2 aromatic rings. The topological polar surface area (TPSA) is 96.8 Å². The van der Waals surface area contributed by atoms with E-state index in [0.717, 1.165) is 24.3 Å². The van der Waals surface area contributed by atoms with Gasteiger partial charge in [-0.1, -0.05) is 12.1 Å². The van der Waals surface area contributed by atoms with Gasteiger partial charge < -0.3 is 18.9 Å². The van der Waals surface area contributed by atoms with Gasteiger partial charge in [0, 0.05) is 51.0 Å². The van der Waals surface area contributed by atoms with Gasteiger partial charge in [-0.05, 0) is 61.1 Å². The van der Waals surface area contributed by atoms with Crippen molar-refractivity contribution in [3.63, 3.8) is 0 Å². The summed E-state index contributed by atoms with van der Waals surface area (Å²) in [6.45, 7) is 0.830. The molecule has 2 rings (SSSR count). The summed E-state index contributed by atoms with van der Waals surface area (Å²) in [5, 5.41) is 0. The van der Waals surface area contributed by atoms with Crippen LogP contribution in [0.1, 0.15) is 46.7 Å². The fraction of sp³-hybridized carbons (Fsp3) is 0.429. The van der Waals surface area contributed by atoms with Crippen molar-refractivity contribution in [1.29, 1.82) is 0 Å². The molecule has 42 heavy (non-hydrogen) atoms. The van der Waals surface area contributed by atoms with Gasteiger partial charge >= 0.3 is 24.3 Å². The highest BCUT2D eigenvalue weighted by atomic mass is 19.4. The van der Waals surface area contributed by atoms with Crippen LogP contribution in [0.15, 0.2) is 36.4 Å². The average Bonchev–Trinajstić information content (AvgIpc) is 2.94. The van der Waals surface area contributed by atoms with Crippen molar-refractivity contribution in [2.75, 3.05) is 41.7 Å². The van der Waals surface area contributed by atoms with Crippen molar-refractivity contribution >= 4 is 24.1 Å². The number of esters is 2. The van der Waals surface area contributed by atoms with Crippen molar-refractivity contribution in [2.45, 2.75) is 38.0 Å². The van der Waals surface area contributed by atoms with Crippen molar-refractivity contribution in [3.05, 3.63) is 70.3 Å². The van der Waals surface area contributed by atoms with Crippen LogP contribution in [0.2, 0.25) is 0 Å². The number of halogens is 6. The number of ether oxygens (including phenoxy) is 4. The second kappa shape index (κ2) is 17.9. The van der Waals surface area contributed by atoms with E-state index in [9.17, 15) is 35.9 Å². The van der Waals surface area contributed by atoms with Crippen molar-refractivity contribution in [2.24, 2.45) is 0 Å². The molecule has 0 N–H and O–H groups in total. The fourth-order valence-electron chi connectivity index (χ4n) is 3.26. The van der Waals surface area contributed by atoms with Crippen LogP contribution in [0.4, 0.5) is 26.3 Å². The summed E-state index contributed by atoms with van der Waals surface area (Å²) < 4.78 is 94.7. The molecule has 0 amide bonds. The molecule has 0 unspecified atom stereocenters. The number of pyridine rings is 2. The first kappa shape index (κ1) is 36.2. The van der Waals surface area contributed by atoms with Gasteiger partial charge in [-0.2, -0.15) is 26.3 Å². The quantitative estimate of drug-likeness (QED) is 0.131. The second-order valence-corrected chi connectivity index (χ2v) is 8.37. The Morgan fingerprint density at radius 3 is 1.31 bits per heavy atom. The minimum absolute atomic E-state index is 0.266. The number of hydrogen-bond acceptors (Lipinski definition) is 8. The van der Waals surface area contributed by atoms with Crippen LogP contribution in [-0.4, -0.2) is 63.6 Å². The Balaban J connectivity index is 0.000000420. The highest BCUT2D eigenvalue weighted by Crippen LogP contribution is 2.30. The zero-order valence-electron chi connectivity index (χ0n) is 23.5. The predicted molar refractivity (Wildman–Crippen MR) is 141 cm³/mol. The third-order valence-corrected chi connectivity index (χ3v) is 5.32. The molecule has 14 heteroatoms. The van der Waals surface area contributed by atoms with E-state index < -0.39 is 35.7 Å².